The van der Waals surface area contributed by atoms with Crippen LogP contribution in [0, 0.1) is 11.8 Å². The Morgan fingerprint density at radius 2 is 1.92 bits per heavy atom. The van der Waals surface area contributed by atoms with Crippen LogP contribution < -0.4 is 5.32 Å². The zero-order chi connectivity index (χ0) is 8.67. The second kappa shape index (κ2) is 3.13. The van der Waals surface area contributed by atoms with E-state index >= 15 is 0 Å². The molecular formula is C12H19N. The third-order valence-electron chi connectivity index (χ3n) is 4.25. The van der Waals surface area contributed by atoms with Crippen molar-refractivity contribution in [3.63, 3.8) is 0 Å². The number of rotatable bonds is 0. The van der Waals surface area contributed by atoms with Crippen LogP contribution >= 0.6 is 0 Å². The third kappa shape index (κ3) is 1.25. The normalized spacial score (nSPS) is 48.6. The van der Waals surface area contributed by atoms with Crippen LogP contribution in [0.4, 0.5) is 0 Å². The molecule has 0 bridgehead atoms. The molecule has 3 aliphatic rings. The van der Waals surface area contributed by atoms with Gasteiger partial charge < -0.3 is 5.32 Å². The quantitative estimate of drug-likeness (QED) is 0.560. The largest absolute Gasteiger partial charge is 0.307 e. The van der Waals surface area contributed by atoms with Gasteiger partial charge in [0.15, 0.2) is 0 Å². The SMILES string of the molecule is C1=CC2N[C@H]3CCCCC3C2CC1. The molecule has 2 aliphatic carbocycles. The highest BCUT2D eigenvalue weighted by Crippen LogP contribution is 2.41. The molecule has 0 amide bonds. The zero-order valence-corrected chi connectivity index (χ0v) is 8.21. The van der Waals surface area contributed by atoms with E-state index in [4.69, 9.17) is 0 Å². The van der Waals surface area contributed by atoms with Crippen LogP contribution in [-0.4, -0.2) is 12.1 Å². The lowest BCUT2D eigenvalue weighted by atomic mass is 9.75. The molecule has 72 valence electrons. The Labute approximate surface area is 80.6 Å². The molecule has 1 aliphatic heterocycles. The molecule has 0 aromatic carbocycles. The summed E-state index contributed by atoms with van der Waals surface area (Å²) in [5.41, 5.74) is 0. The van der Waals surface area contributed by atoms with Crippen LogP contribution in [0.1, 0.15) is 38.5 Å². The van der Waals surface area contributed by atoms with Crippen molar-refractivity contribution in [1.29, 1.82) is 0 Å². The highest BCUT2D eigenvalue weighted by Gasteiger charge is 2.42. The Kier molecular flexibility index (Phi) is 1.93. The molecule has 1 N–H and O–H groups in total. The molecule has 1 heteroatoms. The fourth-order valence-electron chi connectivity index (χ4n) is 3.64. The first kappa shape index (κ1) is 8.05. The van der Waals surface area contributed by atoms with E-state index in [1.807, 2.05) is 0 Å². The maximum atomic E-state index is 3.81. The van der Waals surface area contributed by atoms with Crippen molar-refractivity contribution in [1.82, 2.24) is 5.32 Å². The monoisotopic (exact) mass is 177 g/mol. The summed E-state index contributed by atoms with van der Waals surface area (Å²) >= 11 is 0. The number of nitrogens with one attached hydrogen (secondary N) is 1. The second-order valence-corrected chi connectivity index (χ2v) is 4.92. The van der Waals surface area contributed by atoms with Crippen LogP contribution in [0.15, 0.2) is 12.2 Å². The zero-order valence-electron chi connectivity index (χ0n) is 8.21. The number of fused-ring (bicyclic) bond motifs is 3. The predicted octanol–water partition coefficient (Wildman–Crippen LogP) is 2.48. The Morgan fingerprint density at radius 1 is 1.00 bits per heavy atom. The first-order valence-electron chi connectivity index (χ1n) is 5.88. The van der Waals surface area contributed by atoms with Gasteiger partial charge in [0, 0.05) is 12.1 Å². The maximum Gasteiger partial charge on any atom is 0.0284 e. The minimum Gasteiger partial charge on any atom is -0.307 e. The first-order chi connectivity index (χ1) is 6.45. The molecule has 1 heterocycles. The van der Waals surface area contributed by atoms with Crippen LogP contribution in [0.3, 0.4) is 0 Å². The summed E-state index contributed by atoms with van der Waals surface area (Å²) in [6.07, 6.45) is 13.4. The minimum absolute atomic E-state index is 0.738. The molecule has 0 aromatic rings. The molecule has 1 saturated carbocycles. The molecule has 13 heavy (non-hydrogen) atoms. The van der Waals surface area contributed by atoms with Crippen molar-refractivity contribution in [2.45, 2.75) is 50.6 Å². The van der Waals surface area contributed by atoms with Crippen molar-refractivity contribution >= 4 is 0 Å². The standard InChI is InChI=1S/C12H19N/c1-3-7-11-9(5-1)10-6-2-4-8-12(10)13-11/h3,7,9-13H,1-2,4-6,8H2/t9?,10?,11?,12-/m0/s1. The molecule has 1 nitrogen and oxygen atoms in total. The summed E-state index contributed by atoms with van der Waals surface area (Å²) in [6, 6.07) is 1.60. The summed E-state index contributed by atoms with van der Waals surface area (Å²) in [4.78, 5) is 0. The number of hydrogen-bond acceptors (Lipinski definition) is 1. The van der Waals surface area contributed by atoms with E-state index in [0.717, 1.165) is 23.9 Å². The van der Waals surface area contributed by atoms with Crippen molar-refractivity contribution < 1.29 is 0 Å². The minimum atomic E-state index is 0.738. The number of hydrogen-bond donors (Lipinski definition) is 1. The fourth-order valence-corrected chi connectivity index (χ4v) is 3.64. The van der Waals surface area contributed by atoms with E-state index in [0.29, 0.717) is 0 Å². The Bertz CT molecular complexity index is 221. The fraction of sp³-hybridized carbons (Fsp3) is 0.833. The van der Waals surface area contributed by atoms with E-state index in [2.05, 4.69) is 17.5 Å². The second-order valence-electron chi connectivity index (χ2n) is 4.92. The molecule has 0 radical (unpaired) electrons. The van der Waals surface area contributed by atoms with Gasteiger partial charge in [-0.2, -0.15) is 0 Å². The first-order valence-corrected chi connectivity index (χ1v) is 5.88. The maximum absolute atomic E-state index is 3.81. The summed E-state index contributed by atoms with van der Waals surface area (Å²) in [5, 5.41) is 3.81. The van der Waals surface area contributed by atoms with Crippen LogP contribution in [-0.2, 0) is 0 Å². The lowest BCUT2D eigenvalue weighted by molar-refractivity contribution is 0.260. The molecule has 1 saturated heterocycles. The number of allylic oxidation sites excluding steroid dienone is 1. The van der Waals surface area contributed by atoms with Crippen LogP contribution in [0.2, 0.25) is 0 Å². The molecular weight excluding hydrogens is 158 g/mol. The van der Waals surface area contributed by atoms with E-state index < -0.39 is 0 Å². The summed E-state index contributed by atoms with van der Waals surface area (Å²) in [7, 11) is 0. The Balaban J connectivity index is 1.81. The summed E-state index contributed by atoms with van der Waals surface area (Å²) < 4.78 is 0. The highest BCUT2D eigenvalue weighted by atomic mass is 15.0. The van der Waals surface area contributed by atoms with E-state index in [9.17, 15) is 0 Å². The van der Waals surface area contributed by atoms with Gasteiger partial charge in [0.05, 0.1) is 0 Å². The van der Waals surface area contributed by atoms with E-state index in [-0.39, 0.29) is 0 Å². The van der Waals surface area contributed by atoms with Crippen molar-refractivity contribution in [2.75, 3.05) is 0 Å². The molecule has 0 aromatic heterocycles. The molecule has 3 rings (SSSR count). The van der Waals surface area contributed by atoms with Gasteiger partial charge in [0.1, 0.15) is 0 Å². The van der Waals surface area contributed by atoms with Gasteiger partial charge in [-0.15, -0.1) is 0 Å². The average Bonchev–Trinajstić information content (AvgIpc) is 2.56. The van der Waals surface area contributed by atoms with Gasteiger partial charge in [-0.1, -0.05) is 25.0 Å². The molecule has 4 atom stereocenters. The average molecular weight is 177 g/mol. The molecule has 0 spiro atoms. The molecule has 2 fully saturated rings. The highest BCUT2D eigenvalue weighted by molar-refractivity contribution is 5.10. The van der Waals surface area contributed by atoms with Crippen LogP contribution in [0.25, 0.3) is 0 Å². The Morgan fingerprint density at radius 3 is 2.92 bits per heavy atom. The van der Waals surface area contributed by atoms with Gasteiger partial charge in [-0.25, -0.2) is 0 Å². The van der Waals surface area contributed by atoms with E-state index in [1.54, 1.807) is 0 Å². The Hall–Kier alpha value is -0.300. The van der Waals surface area contributed by atoms with Crippen molar-refractivity contribution in [2.24, 2.45) is 11.8 Å². The van der Waals surface area contributed by atoms with Gasteiger partial charge in [0.25, 0.3) is 0 Å². The van der Waals surface area contributed by atoms with Crippen LogP contribution in [0.5, 0.6) is 0 Å². The van der Waals surface area contributed by atoms with Gasteiger partial charge in [-0.05, 0) is 37.5 Å². The predicted molar refractivity (Wildman–Crippen MR) is 54.5 cm³/mol. The summed E-state index contributed by atoms with van der Waals surface area (Å²) in [5.74, 6) is 2.00. The lowest BCUT2D eigenvalue weighted by Crippen LogP contribution is -2.32. The van der Waals surface area contributed by atoms with Gasteiger partial charge >= 0.3 is 0 Å². The smallest absolute Gasteiger partial charge is 0.0284 e. The van der Waals surface area contributed by atoms with Gasteiger partial charge in [0.2, 0.25) is 0 Å². The topological polar surface area (TPSA) is 12.0 Å². The van der Waals surface area contributed by atoms with Crippen molar-refractivity contribution in [3.8, 4) is 0 Å². The van der Waals surface area contributed by atoms with Crippen molar-refractivity contribution in [3.05, 3.63) is 12.2 Å². The van der Waals surface area contributed by atoms with Gasteiger partial charge in [-0.3, -0.25) is 0 Å². The lowest BCUT2D eigenvalue weighted by Gasteiger charge is -2.29. The summed E-state index contributed by atoms with van der Waals surface area (Å²) in [6.45, 7) is 0. The molecule has 3 unspecified atom stereocenters. The third-order valence-corrected chi connectivity index (χ3v) is 4.25. The van der Waals surface area contributed by atoms with E-state index in [1.165, 1.54) is 38.5 Å².